The molecule has 2 aliphatic rings. The van der Waals surface area contributed by atoms with Gasteiger partial charge in [-0.15, -0.1) is 0 Å². The van der Waals surface area contributed by atoms with Crippen molar-refractivity contribution < 1.29 is 4.74 Å². The molecule has 2 heterocycles. The van der Waals surface area contributed by atoms with Gasteiger partial charge in [-0.1, -0.05) is 18.2 Å². The largest absolute Gasteiger partial charge is 0.377 e. The van der Waals surface area contributed by atoms with Crippen molar-refractivity contribution in [1.82, 2.24) is 10.2 Å². The van der Waals surface area contributed by atoms with E-state index < -0.39 is 0 Å². The zero-order valence-electron chi connectivity index (χ0n) is 15.8. The minimum Gasteiger partial charge on any atom is -0.377 e. The highest BCUT2D eigenvalue weighted by atomic mass is 16.5. The number of ether oxygens (including phenoxy) is 1. The van der Waals surface area contributed by atoms with Crippen LogP contribution >= 0.6 is 0 Å². The molecular weight excluding hydrogens is 310 g/mol. The number of rotatable bonds is 7. The van der Waals surface area contributed by atoms with Crippen LogP contribution in [0.3, 0.4) is 0 Å². The molecular formula is C21H33N3O. The standard InChI is InChI=1S/C21H33N3O/c1-18-5-3-7-21(15-18)24-12-10-23(11-13-24)9-8-19(2)22-16-20-6-4-14-25-17-20/h3,5-7,15,19,22H,4,8-14,16-17H2,1-2H3. The van der Waals surface area contributed by atoms with Crippen molar-refractivity contribution in [2.45, 2.75) is 32.7 Å². The molecule has 0 bridgehead atoms. The highest BCUT2D eigenvalue weighted by Crippen LogP contribution is 2.18. The molecule has 1 atom stereocenters. The molecule has 25 heavy (non-hydrogen) atoms. The van der Waals surface area contributed by atoms with E-state index in [9.17, 15) is 0 Å². The third-order valence-corrected chi connectivity index (χ3v) is 5.28. The summed E-state index contributed by atoms with van der Waals surface area (Å²) >= 11 is 0. The summed E-state index contributed by atoms with van der Waals surface area (Å²) < 4.78 is 5.50. The lowest BCUT2D eigenvalue weighted by atomic mass is 10.1. The molecule has 0 radical (unpaired) electrons. The maximum Gasteiger partial charge on any atom is 0.0689 e. The Labute approximate surface area is 152 Å². The number of aryl methyl sites for hydroxylation is 1. The van der Waals surface area contributed by atoms with Crippen LogP contribution in [0.4, 0.5) is 5.69 Å². The van der Waals surface area contributed by atoms with Crippen molar-refractivity contribution in [3.8, 4) is 0 Å². The fraction of sp³-hybridized carbons (Fsp3) is 0.619. The second-order valence-electron chi connectivity index (χ2n) is 7.44. The molecule has 0 amide bonds. The van der Waals surface area contributed by atoms with Crippen molar-refractivity contribution in [3.63, 3.8) is 0 Å². The summed E-state index contributed by atoms with van der Waals surface area (Å²) in [6, 6.07) is 9.42. The fourth-order valence-electron chi connectivity index (χ4n) is 3.57. The molecule has 0 aliphatic carbocycles. The van der Waals surface area contributed by atoms with E-state index >= 15 is 0 Å². The molecule has 1 saturated heterocycles. The van der Waals surface area contributed by atoms with Crippen molar-refractivity contribution in [2.75, 3.05) is 57.4 Å². The van der Waals surface area contributed by atoms with Crippen LogP contribution in [-0.4, -0.2) is 63.4 Å². The van der Waals surface area contributed by atoms with Gasteiger partial charge in [0.1, 0.15) is 0 Å². The SMILES string of the molecule is Cc1cccc(N2CCN(CCC(C)NCC3=CCCOC3)CC2)c1. The van der Waals surface area contributed by atoms with E-state index in [0.717, 1.165) is 39.3 Å². The number of nitrogens with one attached hydrogen (secondary N) is 1. The van der Waals surface area contributed by atoms with Crippen LogP contribution in [0.5, 0.6) is 0 Å². The van der Waals surface area contributed by atoms with E-state index in [-0.39, 0.29) is 0 Å². The van der Waals surface area contributed by atoms with E-state index in [1.807, 2.05) is 0 Å². The summed E-state index contributed by atoms with van der Waals surface area (Å²) in [6.45, 7) is 12.9. The third-order valence-electron chi connectivity index (χ3n) is 5.28. The lowest BCUT2D eigenvalue weighted by Gasteiger charge is -2.36. The van der Waals surface area contributed by atoms with E-state index in [2.05, 4.69) is 59.3 Å². The van der Waals surface area contributed by atoms with Gasteiger partial charge in [-0.25, -0.2) is 0 Å². The molecule has 4 nitrogen and oxygen atoms in total. The highest BCUT2D eigenvalue weighted by molar-refractivity contribution is 5.48. The molecule has 0 spiro atoms. The van der Waals surface area contributed by atoms with Crippen molar-refractivity contribution in [1.29, 1.82) is 0 Å². The Bertz CT molecular complexity index is 564. The minimum absolute atomic E-state index is 0.553. The predicted octanol–water partition coefficient (Wildman–Crippen LogP) is 2.83. The number of benzene rings is 1. The van der Waals surface area contributed by atoms with Crippen LogP contribution in [0.15, 0.2) is 35.9 Å². The van der Waals surface area contributed by atoms with Gasteiger partial charge in [0.15, 0.2) is 0 Å². The zero-order valence-corrected chi connectivity index (χ0v) is 15.8. The molecule has 1 aromatic carbocycles. The van der Waals surface area contributed by atoms with Gasteiger partial charge in [0, 0.05) is 44.5 Å². The summed E-state index contributed by atoms with van der Waals surface area (Å²) in [7, 11) is 0. The monoisotopic (exact) mass is 343 g/mol. The Morgan fingerprint density at radius 2 is 2.04 bits per heavy atom. The van der Waals surface area contributed by atoms with Gasteiger partial charge in [0.25, 0.3) is 0 Å². The van der Waals surface area contributed by atoms with Crippen molar-refractivity contribution in [2.24, 2.45) is 0 Å². The molecule has 3 rings (SSSR count). The topological polar surface area (TPSA) is 27.7 Å². The summed E-state index contributed by atoms with van der Waals surface area (Å²) in [5.74, 6) is 0. The Morgan fingerprint density at radius 1 is 1.20 bits per heavy atom. The highest BCUT2D eigenvalue weighted by Gasteiger charge is 2.17. The first kappa shape index (κ1) is 18.4. The van der Waals surface area contributed by atoms with Gasteiger partial charge >= 0.3 is 0 Å². The predicted molar refractivity (Wildman–Crippen MR) is 105 cm³/mol. The third kappa shape index (κ3) is 5.84. The minimum atomic E-state index is 0.553. The Hall–Kier alpha value is -1.36. The fourth-order valence-corrected chi connectivity index (χ4v) is 3.57. The Balaban J connectivity index is 1.34. The van der Waals surface area contributed by atoms with Crippen LogP contribution < -0.4 is 10.2 Å². The average Bonchev–Trinajstić information content (AvgIpc) is 2.66. The number of nitrogens with zero attached hydrogens (tertiary/aromatic N) is 2. The van der Waals surface area contributed by atoms with Gasteiger partial charge in [0.05, 0.1) is 13.2 Å². The normalized spacial score (nSPS) is 20.4. The quantitative estimate of drug-likeness (QED) is 0.771. The first-order valence-electron chi connectivity index (χ1n) is 9.74. The maximum atomic E-state index is 5.50. The number of anilines is 1. The van der Waals surface area contributed by atoms with Crippen LogP contribution in [0, 0.1) is 6.92 Å². The summed E-state index contributed by atoms with van der Waals surface area (Å²) in [6.07, 6.45) is 4.60. The molecule has 1 N–H and O–H groups in total. The van der Waals surface area contributed by atoms with Gasteiger partial charge in [0.2, 0.25) is 0 Å². The van der Waals surface area contributed by atoms with Gasteiger partial charge in [-0.05, 0) is 56.5 Å². The van der Waals surface area contributed by atoms with Gasteiger partial charge in [-0.2, -0.15) is 0 Å². The number of piperazine rings is 1. The smallest absolute Gasteiger partial charge is 0.0689 e. The van der Waals surface area contributed by atoms with Crippen LogP contribution in [-0.2, 0) is 4.74 Å². The van der Waals surface area contributed by atoms with Crippen LogP contribution in [0.1, 0.15) is 25.3 Å². The Morgan fingerprint density at radius 3 is 2.76 bits per heavy atom. The van der Waals surface area contributed by atoms with Gasteiger partial charge < -0.3 is 15.0 Å². The van der Waals surface area contributed by atoms with E-state index in [1.54, 1.807) is 0 Å². The van der Waals surface area contributed by atoms with Crippen LogP contribution in [0.2, 0.25) is 0 Å². The molecule has 4 heteroatoms. The summed E-state index contributed by atoms with van der Waals surface area (Å²) in [5, 5.41) is 3.65. The van der Waals surface area contributed by atoms with Crippen molar-refractivity contribution in [3.05, 3.63) is 41.5 Å². The Kier molecular flexibility index (Phi) is 6.91. The second-order valence-corrected chi connectivity index (χ2v) is 7.44. The molecule has 0 saturated carbocycles. The van der Waals surface area contributed by atoms with E-state index in [0.29, 0.717) is 6.04 Å². The number of hydrogen-bond donors (Lipinski definition) is 1. The van der Waals surface area contributed by atoms with Gasteiger partial charge in [-0.3, -0.25) is 4.90 Å². The molecule has 138 valence electrons. The second kappa shape index (κ2) is 9.37. The molecule has 1 unspecified atom stereocenters. The molecule has 1 aromatic rings. The first-order valence-corrected chi connectivity index (χ1v) is 9.74. The molecule has 0 aromatic heterocycles. The molecule has 1 fully saturated rings. The lowest BCUT2D eigenvalue weighted by Crippen LogP contribution is -2.47. The lowest BCUT2D eigenvalue weighted by molar-refractivity contribution is 0.148. The summed E-state index contributed by atoms with van der Waals surface area (Å²) in [5.41, 5.74) is 4.13. The summed E-state index contributed by atoms with van der Waals surface area (Å²) in [4.78, 5) is 5.12. The average molecular weight is 344 g/mol. The first-order chi connectivity index (χ1) is 12.2. The zero-order chi connectivity index (χ0) is 17.5. The molecule has 2 aliphatic heterocycles. The van der Waals surface area contributed by atoms with Crippen LogP contribution in [0.25, 0.3) is 0 Å². The number of hydrogen-bond acceptors (Lipinski definition) is 4. The van der Waals surface area contributed by atoms with E-state index in [4.69, 9.17) is 4.74 Å². The van der Waals surface area contributed by atoms with Crippen molar-refractivity contribution >= 4 is 5.69 Å². The maximum absolute atomic E-state index is 5.50. The van der Waals surface area contributed by atoms with E-state index in [1.165, 1.54) is 42.9 Å².